The van der Waals surface area contributed by atoms with E-state index in [1.165, 1.54) is 0 Å². The number of nitrogens with two attached hydrogens (primary N) is 1. The molecule has 1 aliphatic rings. The standard InChI is InChI=1S/C8H7IN2O2/c9-6-2-5(10)1-4-3-13-8(12)11-7(4)6/h1-2H,3,10H2,(H,11,12). The summed E-state index contributed by atoms with van der Waals surface area (Å²) in [6.07, 6.45) is -0.407. The lowest BCUT2D eigenvalue weighted by molar-refractivity contribution is 0.151. The van der Waals surface area contributed by atoms with Gasteiger partial charge in [-0.3, -0.25) is 5.32 Å². The van der Waals surface area contributed by atoms with Crippen molar-refractivity contribution >= 4 is 40.1 Å². The summed E-state index contributed by atoms with van der Waals surface area (Å²) in [6, 6.07) is 3.61. The van der Waals surface area contributed by atoms with Gasteiger partial charge >= 0.3 is 6.09 Å². The lowest BCUT2D eigenvalue weighted by Crippen LogP contribution is -2.21. The van der Waals surface area contributed by atoms with Crippen molar-refractivity contribution < 1.29 is 9.53 Å². The number of amides is 1. The summed E-state index contributed by atoms with van der Waals surface area (Å²) >= 11 is 2.13. The first-order valence-corrected chi connectivity index (χ1v) is 4.76. The number of cyclic esters (lactones) is 1. The van der Waals surface area contributed by atoms with Crippen molar-refractivity contribution in [1.29, 1.82) is 0 Å². The number of anilines is 2. The Hall–Kier alpha value is -0.980. The third-order valence-corrected chi connectivity index (χ3v) is 2.63. The highest BCUT2D eigenvalue weighted by molar-refractivity contribution is 14.1. The van der Waals surface area contributed by atoms with Gasteiger partial charge in [0.2, 0.25) is 0 Å². The van der Waals surface area contributed by atoms with Crippen LogP contribution in [0.25, 0.3) is 0 Å². The SMILES string of the molecule is Nc1cc(I)c2c(c1)COC(=O)N2. The highest BCUT2D eigenvalue weighted by Crippen LogP contribution is 2.29. The molecule has 0 unspecified atom stereocenters. The maximum absolute atomic E-state index is 10.9. The molecule has 0 aliphatic carbocycles. The van der Waals surface area contributed by atoms with Gasteiger partial charge in [-0.2, -0.15) is 0 Å². The Morgan fingerprint density at radius 2 is 2.31 bits per heavy atom. The number of halogens is 1. The van der Waals surface area contributed by atoms with Gasteiger partial charge in [-0.1, -0.05) is 0 Å². The highest BCUT2D eigenvalue weighted by Gasteiger charge is 2.18. The lowest BCUT2D eigenvalue weighted by atomic mass is 10.1. The Balaban J connectivity index is 2.53. The molecular weight excluding hydrogens is 283 g/mol. The molecule has 1 aliphatic heterocycles. The van der Waals surface area contributed by atoms with Crippen molar-refractivity contribution in [3.63, 3.8) is 0 Å². The minimum Gasteiger partial charge on any atom is -0.444 e. The number of carbonyl (C=O) groups excluding carboxylic acids is 1. The lowest BCUT2D eigenvalue weighted by Gasteiger charge is -2.18. The van der Waals surface area contributed by atoms with Crippen LogP contribution < -0.4 is 11.1 Å². The van der Waals surface area contributed by atoms with Crippen LogP contribution in [0.1, 0.15) is 5.56 Å². The first-order valence-electron chi connectivity index (χ1n) is 3.68. The van der Waals surface area contributed by atoms with E-state index in [9.17, 15) is 4.79 Å². The van der Waals surface area contributed by atoms with E-state index < -0.39 is 6.09 Å². The molecule has 0 aromatic heterocycles. The number of hydrogen-bond acceptors (Lipinski definition) is 3. The van der Waals surface area contributed by atoms with Crippen molar-refractivity contribution in [2.75, 3.05) is 11.1 Å². The van der Waals surface area contributed by atoms with Gasteiger partial charge in [-0.25, -0.2) is 4.79 Å². The molecule has 1 aromatic carbocycles. The van der Waals surface area contributed by atoms with Crippen molar-refractivity contribution in [3.05, 3.63) is 21.3 Å². The number of carbonyl (C=O) groups is 1. The topological polar surface area (TPSA) is 64.3 Å². The molecule has 1 aromatic rings. The molecule has 1 amide bonds. The van der Waals surface area contributed by atoms with Crippen molar-refractivity contribution in [1.82, 2.24) is 0 Å². The van der Waals surface area contributed by atoms with Crippen LogP contribution >= 0.6 is 22.6 Å². The molecule has 3 N–H and O–H groups in total. The van der Waals surface area contributed by atoms with Gasteiger partial charge in [0, 0.05) is 14.8 Å². The molecule has 0 spiro atoms. The number of ether oxygens (including phenoxy) is 1. The van der Waals surface area contributed by atoms with E-state index >= 15 is 0 Å². The van der Waals surface area contributed by atoms with Crippen LogP contribution in [0.5, 0.6) is 0 Å². The van der Waals surface area contributed by atoms with Gasteiger partial charge in [0.1, 0.15) is 6.61 Å². The molecule has 4 nitrogen and oxygen atoms in total. The molecule has 13 heavy (non-hydrogen) atoms. The number of nitrogens with one attached hydrogen (secondary N) is 1. The third-order valence-electron chi connectivity index (χ3n) is 1.78. The van der Waals surface area contributed by atoms with E-state index in [0.717, 1.165) is 14.8 Å². The molecule has 0 bridgehead atoms. The Labute approximate surface area is 88.6 Å². The molecular formula is C8H7IN2O2. The Bertz CT molecular complexity index is 379. The molecule has 0 fully saturated rings. The quantitative estimate of drug-likeness (QED) is 0.567. The van der Waals surface area contributed by atoms with Crippen LogP contribution in [0.4, 0.5) is 16.2 Å². The van der Waals surface area contributed by atoms with Crippen LogP contribution in [0, 0.1) is 3.57 Å². The van der Waals surface area contributed by atoms with Gasteiger partial charge < -0.3 is 10.5 Å². The van der Waals surface area contributed by atoms with Gasteiger partial charge in [0.15, 0.2) is 0 Å². The Morgan fingerprint density at radius 3 is 3.08 bits per heavy atom. The predicted molar refractivity (Wildman–Crippen MR) is 57.4 cm³/mol. The molecule has 0 radical (unpaired) electrons. The monoisotopic (exact) mass is 290 g/mol. The van der Waals surface area contributed by atoms with Crippen LogP contribution in [-0.2, 0) is 11.3 Å². The van der Waals surface area contributed by atoms with Gasteiger partial charge in [0.05, 0.1) is 5.69 Å². The van der Waals surface area contributed by atoms with Crippen molar-refractivity contribution in [2.24, 2.45) is 0 Å². The number of hydrogen-bond donors (Lipinski definition) is 2. The zero-order valence-corrected chi connectivity index (χ0v) is 8.79. The largest absolute Gasteiger partial charge is 0.444 e. The smallest absolute Gasteiger partial charge is 0.412 e. The average molecular weight is 290 g/mol. The normalized spacial score (nSPS) is 14.4. The number of fused-ring (bicyclic) bond motifs is 1. The summed E-state index contributed by atoms with van der Waals surface area (Å²) in [5, 5.41) is 2.63. The van der Waals surface area contributed by atoms with Crippen molar-refractivity contribution in [2.45, 2.75) is 6.61 Å². The first-order chi connectivity index (χ1) is 6.16. The molecule has 68 valence electrons. The molecule has 0 saturated carbocycles. The summed E-state index contributed by atoms with van der Waals surface area (Å²) in [5.41, 5.74) is 8.06. The van der Waals surface area contributed by atoms with Crippen LogP contribution in [0.3, 0.4) is 0 Å². The van der Waals surface area contributed by atoms with Crippen molar-refractivity contribution in [3.8, 4) is 0 Å². The van der Waals surface area contributed by atoms with E-state index in [0.29, 0.717) is 12.3 Å². The van der Waals surface area contributed by atoms with Crippen LogP contribution in [0.15, 0.2) is 12.1 Å². The second-order valence-electron chi connectivity index (χ2n) is 2.74. The van der Waals surface area contributed by atoms with Gasteiger partial charge in [0.25, 0.3) is 0 Å². The fourth-order valence-electron chi connectivity index (χ4n) is 1.22. The maximum atomic E-state index is 10.9. The summed E-state index contributed by atoms with van der Waals surface area (Å²) in [4.78, 5) is 10.9. The highest BCUT2D eigenvalue weighted by atomic mass is 127. The zero-order chi connectivity index (χ0) is 9.42. The molecule has 2 rings (SSSR count). The number of benzene rings is 1. The summed E-state index contributed by atoms with van der Waals surface area (Å²) in [5.74, 6) is 0. The van der Waals surface area contributed by atoms with Crippen LogP contribution in [-0.4, -0.2) is 6.09 Å². The summed E-state index contributed by atoms with van der Waals surface area (Å²) in [6.45, 7) is 0.294. The Morgan fingerprint density at radius 1 is 1.54 bits per heavy atom. The predicted octanol–water partition coefficient (Wildman–Crippen LogP) is 1.94. The molecule has 5 heteroatoms. The minimum atomic E-state index is -0.407. The van der Waals surface area contributed by atoms with E-state index in [4.69, 9.17) is 10.5 Å². The fraction of sp³-hybridized carbons (Fsp3) is 0.125. The maximum Gasteiger partial charge on any atom is 0.412 e. The minimum absolute atomic E-state index is 0.294. The molecule has 1 heterocycles. The van der Waals surface area contributed by atoms with Gasteiger partial charge in [-0.05, 0) is 34.7 Å². The first kappa shape index (κ1) is 8.61. The molecule has 0 atom stereocenters. The third kappa shape index (κ3) is 1.55. The number of nitrogen functional groups attached to an aromatic ring is 1. The summed E-state index contributed by atoms with van der Waals surface area (Å²) < 4.78 is 5.74. The second-order valence-corrected chi connectivity index (χ2v) is 3.90. The van der Waals surface area contributed by atoms with E-state index in [1.54, 1.807) is 6.07 Å². The van der Waals surface area contributed by atoms with Crippen LogP contribution in [0.2, 0.25) is 0 Å². The fourth-order valence-corrected chi connectivity index (χ4v) is 2.06. The Kier molecular flexibility index (Phi) is 2.03. The second kappa shape index (κ2) is 3.06. The van der Waals surface area contributed by atoms with E-state index in [-0.39, 0.29) is 0 Å². The summed E-state index contributed by atoms with van der Waals surface area (Å²) in [7, 11) is 0. The van der Waals surface area contributed by atoms with E-state index in [2.05, 4.69) is 27.9 Å². The van der Waals surface area contributed by atoms with Gasteiger partial charge in [-0.15, -0.1) is 0 Å². The average Bonchev–Trinajstić information content (AvgIpc) is 2.06. The molecule has 0 saturated heterocycles. The van der Waals surface area contributed by atoms with E-state index in [1.807, 2.05) is 6.07 Å². The zero-order valence-electron chi connectivity index (χ0n) is 6.63. The number of rotatable bonds is 0.